The number of halogens is 2. The van der Waals surface area contributed by atoms with E-state index in [1.54, 1.807) is 12.1 Å². The van der Waals surface area contributed by atoms with Crippen molar-refractivity contribution in [3.05, 3.63) is 94.4 Å². The monoisotopic (exact) mass is 531 g/mol. The summed E-state index contributed by atoms with van der Waals surface area (Å²) >= 11 is 12.6. The van der Waals surface area contributed by atoms with Crippen LogP contribution in [0.4, 0.5) is 5.69 Å². The van der Waals surface area contributed by atoms with E-state index < -0.39 is 10.1 Å². The fraction of sp³-hybridized carbons (Fsp3) is 0.192. The molecular formula is C26H27Cl2N3O3S. The molecule has 35 heavy (non-hydrogen) atoms. The maximum Gasteiger partial charge on any atom is 0.247 e. The van der Waals surface area contributed by atoms with E-state index in [4.69, 9.17) is 23.2 Å². The standard InChI is InChI=1S/C19H19Cl2N3.C7H8O3S/c1-3-13-9-15(20)19(21)17(10-13)22-11-14(4-2)24-12-23-16-7-5-6-8-18(16)24;1-6-2-4-7(5-3-6)11(8,9)10/h5-12,22H,3-4H2,1-2H3;2-5H,1H3,(H,8,9,10). The van der Waals surface area contributed by atoms with E-state index >= 15 is 0 Å². The van der Waals surface area contributed by atoms with Gasteiger partial charge in [0.2, 0.25) is 6.33 Å². The van der Waals surface area contributed by atoms with Crippen LogP contribution in [0.15, 0.2) is 78.1 Å². The van der Waals surface area contributed by atoms with Crippen molar-refractivity contribution in [3.63, 3.8) is 0 Å². The summed E-state index contributed by atoms with van der Waals surface area (Å²) in [7, 11) is -4.27. The molecule has 0 aliphatic heterocycles. The van der Waals surface area contributed by atoms with E-state index in [-0.39, 0.29) is 4.90 Å². The summed E-state index contributed by atoms with van der Waals surface area (Å²) < 4.78 is 33.3. The first-order chi connectivity index (χ1) is 16.6. The summed E-state index contributed by atoms with van der Waals surface area (Å²) in [5.74, 6) is 0. The number of rotatable bonds is 6. The molecule has 0 atom stereocenters. The van der Waals surface area contributed by atoms with Crippen LogP contribution in [0.1, 0.15) is 31.4 Å². The minimum Gasteiger partial charge on any atom is -0.744 e. The molecule has 0 saturated heterocycles. The van der Waals surface area contributed by atoms with Crippen LogP contribution in [0.25, 0.3) is 16.7 Å². The first-order valence-electron chi connectivity index (χ1n) is 11.1. The lowest BCUT2D eigenvalue weighted by atomic mass is 10.1. The van der Waals surface area contributed by atoms with Gasteiger partial charge >= 0.3 is 0 Å². The number of fused-ring (bicyclic) bond motifs is 1. The number of aromatic amines is 1. The maximum absolute atomic E-state index is 10.4. The Labute approximate surface area is 216 Å². The second-order valence-electron chi connectivity index (χ2n) is 7.85. The SMILES string of the molecule is CCC(=CNc1cc(CC)cc(Cl)c1Cl)[n+]1c[nH]c2ccccc21.Cc1ccc(S(=O)(=O)[O-])cc1. The van der Waals surface area contributed by atoms with E-state index in [1.165, 1.54) is 12.1 Å². The van der Waals surface area contributed by atoms with Gasteiger partial charge in [-0.25, -0.2) is 13.4 Å². The van der Waals surface area contributed by atoms with Crippen LogP contribution in [0.2, 0.25) is 10.0 Å². The van der Waals surface area contributed by atoms with Crippen LogP contribution < -0.4 is 9.88 Å². The molecule has 6 nitrogen and oxygen atoms in total. The van der Waals surface area contributed by atoms with E-state index in [1.807, 2.05) is 43.7 Å². The normalized spacial score (nSPS) is 11.8. The van der Waals surface area contributed by atoms with Gasteiger partial charge in [-0.05, 0) is 55.3 Å². The number of H-pyrrole nitrogens is 1. The molecule has 0 unspecified atom stereocenters. The Kier molecular flexibility index (Phi) is 8.97. The number of hydrogen-bond donors (Lipinski definition) is 2. The van der Waals surface area contributed by atoms with Gasteiger partial charge in [0.25, 0.3) is 0 Å². The van der Waals surface area contributed by atoms with E-state index in [9.17, 15) is 13.0 Å². The second kappa shape index (κ2) is 11.7. The largest absolute Gasteiger partial charge is 0.744 e. The zero-order chi connectivity index (χ0) is 25.6. The highest BCUT2D eigenvalue weighted by molar-refractivity contribution is 7.85. The number of aryl methyl sites for hydroxylation is 2. The molecule has 9 heteroatoms. The number of hydrogen-bond acceptors (Lipinski definition) is 4. The van der Waals surface area contributed by atoms with Gasteiger partial charge in [0.05, 0.1) is 20.6 Å². The quantitative estimate of drug-likeness (QED) is 0.218. The van der Waals surface area contributed by atoms with Gasteiger partial charge in [0.15, 0.2) is 11.0 Å². The average Bonchev–Trinajstić information content (AvgIpc) is 3.26. The Balaban J connectivity index is 0.000000261. The summed E-state index contributed by atoms with van der Waals surface area (Å²) in [6.45, 7) is 6.04. The first kappa shape index (κ1) is 26.8. The Morgan fingerprint density at radius 2 is 1.77 bits per heavy atom. The number of nitrogens with zero attached hydrogens (tertiary/aromatic N) is 1. The van der Waals surface area contributed by atoms with Gasteiger partial charge < -0.3 is 9.87 Å². The van der Waals surface area contributed by atoms with Crippen molar-refractivity contribution in [3.8, 4) is 0 Å². The zero-order valence-electron chi connectivity index (χ0n) is 19.7. The van der Waals surface area contributed by atoms with E-state index in [0.29, 0.717) is 10.0 Å². The number of benzene rings is 3. The number of anilines is 1. The Morgan fingerprint density at radius 3 is 2.40 bits per heavy atom. The van der Waals surface area contributed by atoms with Crippen LogP contribution in [-0.4, -0.2) is 18.0 Å². The molecule has 0 amide bonds. The van der Waals surface area contributed by atoms with Crippen LogP contribution in [0, 0.1) is 6.92 Å². The zero-order valence-corrected chi connectivity index (χ0v) is 22.0. The number of imidazole rings is 1. The fourth-order valence-corrected chi connectivity index (χ4v) is 4.28. The van der Waals surface area contributed by atoms with Crippen LogP contribution >= 0.6 is 23.2 Å². The molecule has 0 saturated carbocycles. The molecule has 0 bridgehead atoms. The van der Waals surface area contributed by atoms with Crippen molar-refractivity contribution in [2.75, 3.05) is 5.32 Å². The highest BCUT2D eigenvalue weighted by atomic mass is 35.5. The Morgan fingerprint density at radius 1 is 1.09 bits per heavy atom. The Hall–Kier alpha value is -2.84. The molecule has 184 valence electrons. The van der Waals surface area contributed by atoms with Gasteiger partial charge in [0.1, 0.15) is 15.8 Å². The molecule has 0 radical (unpaired) electrons. The molecule has 2 N–H and O–H groups in total. The predicted molar refractivity (Wildman–Crippen MR) is 142 cm³/mol. The Bertz CT molecular complexity index is 1450. The smallest absolute Gasteiger partial charge is 0.247 e. The predicted octanol–water partition coefficient (Wildman–Crippen LogP) is 6.54. The van der Waals surface area contributed by atoms with Gasteiger partial charge in [-0.1, -0.05) is 66.9 Å². The molecule has 4 aromatic rings. The topological polar surface area (TPSA) is 88.9 Å². The highest BCUT2D eigenvalue weighted by Gasteiger charge is 2.13. The molecule has 0 aliphatic carbocycles. The third-order valence-electron chi connectivity index (χ3n) is 5.38. The molecule has 3 aromatic carbocycles. The van der Waals surface area contributed by atoms with Crippen LogP contribution in [0.3, 0.4) is 0 Å². The summed E-state index contributed by atoms with van der Waals surface area (Å²) in [6, 6.07) is 17.9. The molecule has 4 rings (SSSR count). The fourth-order valence-electron chi connectivity index (χ4n) is 3.41. The van der Waals surface area contributed by atoms with Crippen molar-refractivity contribution in [2.24, 2.45) is 0 Å². The minimum absolute atomic E-state index is 0.178. The number of nitrogens with one attached hydrogen (secondary N) is 2. The molecule has 1 heterocycles. The molecule has 0 aliphatic rings. The molecule has 1 aromatic heterocycles. The minimum atomic E-state index is -4.27. The van der Waals surface area contributed by atoms with Crippen molar-refractivity contribution < 1.29 is 17.5 Å². The number of aromatic nitrogens is 2. The summed E-state index contributed by atoms with van der Waals surface area (Å²) in [5, 5.41) is 4.44. The van der Waals surface area contributed by atoms with Gasteiger partial charge in [-0.3, -0.25) is 0 Å². The summed E-state index contributed by atoms with van der Waals surface area (Å²) in [4.78, 5) is 3.11. The average molecular weight is 532 g/mol. The second-order valence-corrected chi connectivity index (χ2v) is 10.0. The lowest BCUT2D eigenvalue weighted by Gasteiger charge is -2.09. The molecule has 0 fully saturated rings. The number of para-hydroxylation sites is 2. The van der Waals surface area contributed by atoms with Gasteiger partial charge in [-0.15, -0.1) is 0 Å². The van der Waals surface area contributed by atoms with Crippen molar-refractivity contribution in [2.45, 2.75) is 38.5 Å². The highest BCUT2D eigenvalue weighted by Crippen LogP contribution is 2.32. The lowest BCUT2D eigenvalue weighted by Crippen LogP contribution is -2.30. The van der Waals surface area contributed by atoms with E-state index in [2.05, 4.69) is 40.8 Å². The van der Waals surface area contributed by atoms with Crippen LogP contribution in [0.5, 0.6) is 0 Å². The third kappa shape index (κ3) is 6.86. The van der Waals surface area contributed by atoms with Gasteiger partial charge in [0, 0.05) is 12.6 Å². The van der Waals surface area contributed by atoms with Crippen molar-refractivity contribution in [1.29, 1.82) is 0 Å². The molecule has 0 spiro atoms. The lowest BCUT2D eigenvalue weighted by molar-refractivity contribution is -0.554. The van der Waals surface area contributed by atoms with Crippen LogP contribution in [-0.2, 0) is 16.5 Å². The summed E-state index contributed by atoms with van der Waals surface area (Å²) in [5.41, 5.74) is 6.27. The maximum atomic E-state index is 10.4. The van der Waals surface area contributed by atoms with E-state index in [0.717, 1.165) is 46.4 Å². The first-order valence-corrected chi connectivity index (χ1v) is 13.2. The summed E-state index contributed by atoms with van der Waals surface area (Å²) in [6.07, 6.45) is 5.74. The van der Waals surface area contributed by atoms with Crippen molar-refractivity contribution in [1.82, 2.24) is 4.98 Å². The third-order valence-corrected chi connectivity index (χ3v) is 7.04. The number of allylic oxidation sites excluding steroid dienone is 1. The molecular weight excluding hydrogens is 505 g/mol. The van der Waals surface area contributed by atoms with Crippen molar-refractivity contribution >= 4 is 55.7 Å². The van der Waals surface area contributed by atoms with Gasteiger partial charge in [-0.2, -0.15) is 4.57 Å².